The molecule has 0 spiro atoms. The molecule has 1 amide bonds. The lowest BCUT2D eigenvalue weighted by atomic mass is 10.1. The van der Waals surface area contributed by atoms with Crippen molar-refractivity contribution in [1.82, 2.24) is 19.6 Å². The summed E-state index contributed by atoms with van der Waals surface area (Å²) in [5.74, 6) is -0.279. The van der Waals surface area contributed by atoms with Crippen molar-refractivity contribution in [2.45, 2.75) is 0 Å². The predicted molar refractivity (Wildman–Crippen MR) is 121 cm³/mol. The van der Waals surface area contributed by atoms with Crippen LogP contribution in [0.15, 0.2) is 91.4 Å². The Morgan fingerprint density at radius 2 is 1.75 bits per heavy atom. The number of fused-ring (bicyclic) bond motifs is 1. The van der Waals surface area contributed by atoms with Crippen molar-refractivity contribution in [2.75, 3.05) is 5.32 Å². The average molecular weight is 416 g/mol. The molecule has 0 saturated heterocycles. The maximum Gasteiger partial charge on any atom is 0.255 e. The van der Waals surface area contributed by atoms with Gasteiger partial charge >= 0.3 is 0 Å². The van der Waals surface area contributed by atoms with E-state index < -0.39 is 0 Å². The first-order chi connectivity index (χ1) is 15.7. The first kappa shape index (κ1) is 19.2. The standard InChI is InChI=1S/C25H16N6O/c26-16-17-3-1-5-20(13-17)25(32)29-21-6-2-4-19(14-21)23-9-12-28-24-15-22(30-31(23)24)18-7-10-27-11-8-18/h1-15H,(H,29,32). The molecule has 0 aliphatic heterocycles. The molecule has 3 aromatic heterocycles. The number of aromatic nitrogens is 4. The van der Waals surface area contributed by atoms with Gasteiger partial charge in [-0.05, 0) is 48.5 Å². The molecule has 0 unspecified atom stereocenters. The fourth-order valence-electron chi connectivity index (χ4n) is 3.47. The Bertz CT molecular complexity index is 1480. The molecule has 3 heterocycles. The number of nitrogens with zero attached hydrogens (tertiary/aromatic N) is 5. The number of hydrogen-bond donors (Lipinski definition) is 1. The van der Waals surface area contributed by atoms with Crippen LogP contribution in [0.4, 0.5) is 5.69 Å². The van der Waals surface area contributed by atoms with Crippen LogP contribution in [0.3, 0.4) is 0 Å². The summed E-state index contributed by atoms with van der Waals surface area (Å²) in [6.07, 6.45) is 5.19. The monoisotopic (exact) mass is 416 g/mol. The molecular formula is C25H16N6O. The Hall–Kier alpha value is -4.83. The van der Waals surface area contributed by atoms with E-state index in [1.807, 2.05) is 54.6 Å². The van der Waals surface area contributed by atoms with Crippen LogP contribution in [0, 0.1) is 11.3 Å². The van der Waals surface area contributed by atoms with Gasteiger partial charge in [0.05, 0.1) is 23.0 Å². The predicted octanol–water partition coefficient (Wildman–Crippen LogP) is 4.58. The van der Waals surface area contributed by atoms with Gasteiger partial charge in [-0.3, -0.25) is 9.78 Å². The average Bonchev–Trinajstić information content (AvgIpc) is 3.29. The molecule has 0 atom stereocenters. The third-order valence-corrected chi connectivity index (χ3v) is 5.00. The van der Waals surface area contributed by atoms with Crippen LogP contribution in [0.2, 0.25) is 0 Å². The molecule has 0 saturated carbocycles. The number of hydrogen-bond acceptors (Lipinski definition) is 5. The van der Waals surface area contributed by atoms with Crippen molar-refractivity contribution >= 4 is 17.2 Å². The van der Waals surface area contributed by atoms with E-state index in [1.54, 1.807) is 47.4 Å². The van der Waals surface area contributed by atoms with Crippen LogP contribution in [0.5, 0.6) is 0 Å². The van der Waals surface area contributed by atoms with Crippen LogP contribution in [-0.2, 0) is 0 Å². The summed E-state index contributed by atoms with van der Waals surface area (Å²) in [6.45, 7) is 0. The van der Waals surface area contributed by atoms with Crippen molar-refractivity contribution in [3.05, 3.63) is 103 Å². The lowest BCUT2D eigenvalue weighted by molar-refractivity contribution is 0.102. The lowest BCUT2D eigenvalue weighted by Gasteiger charge is -2.09. The van der Waals surface area contributed by atoms with Gasteiger partial charge in [0.15, 0.2) is 5.65 Å². The minimum absolute atomic E-state index is 0.279. The van der Waals surface area contributed by atoms with Crippen molar-refractivity contribution in [1.29, 1.82) is 5.26 Å². The zero-order valence-corrected chi connectivity index (χ0v) is 16.8. The highest BCUT2D eigenvalue weighted by molar-refractivity contribution is 6.04. The maximum atomic E-state index is 12.6. The molecule has 1 N–H and O–H groups in total. The molecule has 2 aromatic carbocycles. The van der Waals surface area contributed by atoms with E-state index in [1.165, 1.54) is 0 Å². The molecule has 152 valence electrons. The molecule has 0 radical (unpaired) electrons. The molecule has 0 aliphatic rings. The number of amides is 1. The third-order valence-electron chi connectivity index (χ3n) is 5.00. The van der Waals surface area contributed by atoms with Crippen LogP contribution < -0.4 is 5.32 Å². The van der Waals surface area contributed by atoms with Crippen molar-refractivity contribution in [2.24, 2.45) is 0 Å². The normalized spacial score (nSPS) is 10.6. The number of anilines is 1. The number of nitrogens with one attached hydrogen (secondary N) is 1. The van der Waals surface area contributed by atoms with Gasteiger partial charge in [-0.2, -0.15) is 10.4 Å². The minimum atomic E-state index is -0.279. The molecule has 7 heteroatoms. The lowest BCUT2D eigenvalue weighted by Crippen LogP contribution is -2.12. The Labute approximate surface area is 183 Å². The second kappa shape index (κ2) is 8.13. The van der Waals surface area contributed by atoms with Gasteiger partial charge in [0.2, 0.25) is 0 Å². The number of benzene rings is 2. The molecule has 7 nitrogen and oxygen atoms in total. The molecule has 0 aliphatic carbocycles. The van der Waals surface area contributed by atoms with Gasteiger partial charge in [0.1, 0.15) is 0 Å². The number of pyridine rings is 1. The third kappa shape index (κ3) is 3.68. The summed E-state index contributed by atoms with van der Waals surface area (Å²) in [4.78, 5) is 21.1. The highest BCUT2D eigenvalue weighted by atomic mass is 16.1. The fourth-order valence-corrected chi connectivity index (χ4v) is 3.47. The smallest absolute Gasteiger partial charge is 0.255 e. The number of nitriles is 1. The molecule has 0 fully saturated rings. The Morgan fingerprint density at radius 1 is 0.906 bits per heavy atom. The van der Waals surface area contributed by atoms with E-state index in [0.717, 1.165) is 28.2 Å². The SMILES string of the molecule is N#Cc1cccc(C(=O)Nc2cccc(-c3ccnc4cc(-c5ccncc5)nn34)c2)c1. The Morgan fingerprint density at radius 3 is 2.59 bits per heavy atom. The Kier molecular flexibility index (Phi) is 4.86. The van der Waals surface area contributed by atoms with E-state index >= 15 is 0 Å². The summed E-state index contributed by atoms with van der Waals surface area (Å²) < 4.78 is 1.78. The van der Waals surface area contributed by atoms with Crippen LogP contribution in [0.25, 0.3) is 28.2 Å². The van der Waals surface area contributed by atoms with Crippen LogP contribution >= 0.6 is 0 Å². The molecular weight excluding hydrogens is 400 g/mol. The summed E-state index contributed by atoms with van der Waals surface area (Å²) in [5.41, 5.74) is 5.71. The Balaban J connectivity index is 1.48. The zero-order valence-electron chi connectivity index (χ0n) is 16.8. The van der Waals surface area contributed by atoms with E-state index in [9.17, 15) is 4.79 Å². The molecule has 5 aromatic rings. The van der Waals surface area contributed by atoms with E-state index in [2.05, 4.69) is 15.3 Å². The highest BCUT2D eigenvalue weighted by Gasteiger charge is 2.12. The van der Waals surface area contributed by atoms with Gasteiger partial charge in [0.25, 0.3) is 5.91 Å². The van der Waals surface area contributed by atoms with E-state index in [0.29, 0.717) is 16.8 Å². The maximum absolute atomic E-state index is 12.6. The van der Waals surface area contributed by atoms with Gasteiger partial charge in [0, 0.05) is 47.0 Å². The topological polar surface area (TPSA) is 96.0 Å². The number of rotatable bonds is 4. The van der Waals surface area contributed by atoms with Crippen LogP contribution in [-0.4, -0.2) is 25.5 Å². The summed E-state index contributed by atoms with van der Waals surface area (Å²) >= 11 is 0. The number of carbonyl (C=O) groups excluding carboxylic acids is 1. The molecule has 0 bridgehead atoms. The molecule has 32 heavy (non-hydrogen) atoms. The van der Waals surface area contributed by atoms with Gasteiger partial charge in [-0.15, -0.1) is 0 Å². The first-order valence-corrected chi connectivity index (χ1v) is 9.88. The van der Waals surface area contributed by atoms with Crippen LogP contribution in [0.1, 0.15) is 15.9 Å². The van der Waals surface area contributed by atoms with Crippen molar-refractivity contribution in [3.63, 3.8) is 0 Å². The van der Waals surface area contributed by atoms with E-state index in [-0.39, 0.29) is 5.91 Å². The van der Waals surface area contributed by atoms with Gasteiger partial charge < -0.3 is 5.32 Å². The largest absolute Gasteiger partial charge is 0.322 e. The van der Waals surface area contributed by atoms with Crippen molar-refractivity contribution < 1.29 is 4.79 Å². The summed E-state index contributed by atoms with van der Waals surface area (Å²) in [5, 5.41) is 16.7. The summed E-state index contributed by atoms with van der Waals surface area (Å²) in [6, 6.07) is 23.8. The second-order valence-corrected chi connectivity index (χ2v) is 7.09. The highest BCUT2D eigenvalue weighted by Crippen LogP contribution is 2.26. The van der Waals surface area contributed by atoms with Crippen molar-refractivity contribution in [3.8, 4) is 28.6 Å². The number of carbonyl (C=O) groups is 1. The van der Waals surface area contributed by atoms with Gasteiger partial charge in [-0.1, -0.05) is 18.2 Å². The fraction of sp³-hybridized carbons (Fsp3) is 0. The second-order valence-electron chi connectivity index (χ2n) is 7.09. The zero-order chi connectivity index (χ0) is 21.9. The first-order valence-electron chi connectivity index (χ1n) is 9.88. The summed E-state index contributed by atoms with van der Waals surface area (Å²) in [7, 11) is 0. The quantitative estimate of drug-likeness (QED) is 0.463. The van der Waals surface area contributed by atoms with Gasteiger partial charge in [-0.25, -0.2) is 9.50 Å². The minimum Gasteiger partial charge on any atom is -0.322 e. The van der Waals surface area contributed by atoms with E-state index in [4.69, 9.17) is 10.4 Å². The molecule has 5 rings (SSSR count).